The van der Waals surface area contributed by atoms with Gasteiger partial charge in [-0.15, -0.1) is 0 Å². The molecule has 3 aliphatic rings. The predicted octanol–water partition coefficient (Wildman–Crippen LogP) is 4.05. The number of nitrogens with zero attached hydrogens (tertiary/aromatic N) is 1. The Morgan fingerprint density at radius 1 is 1.05 bits per heavy atom. The van der Waals surface area contributed by atoms with Gasteiger partial charge in [0.25, 0.3) is 0 Å². The standard InChI is InChI=1S/C19H36N2/c1-5-10-20-17-9-7-15(19(2,3)4)12-18(17)21-13-14-6-8-16(21)11-14/h14-18,20H,5-13H2,1-4H3. The molecule has 0 aromatic rings. The fourth-order valence-electron chi connectivity index (χ4n) is 5.24. The van der Waals surface area contributed by atoms with Crippen molar-refractivity contribution in [3.8, 4) is 0 Å². The summed E-state index contributed by atoms with van der Waals surface area (Å²) in [6, 6.07) is 2.48. The molecule has 5 unspecified atom stereocenters. The molecule has 1 aliphatic heterocycles. The summed E-state index contributed by atoms with van der Waals surface area (Å²) < 4.78 is 0. The molecule has 3 fully saturated rings. The van der Waals surface area contributed by atoms with Gasteiger partial charge >= 0.3 is 0 Å². The molecular weight excluding hydrogens is 256 g/mol. The lowest BCUT2D eigenvalue weighted by atomic mass is 9.69. The van der Waals surface area contributed by atoms with E-state index in [1.165, 1.54) is 58.0 Å². The molecule has 21 heavy (non-hydrogen) atoms. The van der Waals surface area contributed by atoms with Crippen molar-refractivity contribution in [1.29, 1.82) is 0 Å². The van der Waals surface area contributed by atoms with Crippen molar-refractivity contribution in [2.75, 3.05) is 13.1 Å². The molecule has 1 heterocycles. The number of fused-ring (bicyclic) bond motifs is 2. The third-order valence-corrected chi connectivity index (χ3v) is 6.58. The van der Waals surface area contributed by atoms with Crippen LogP contribution in [0.25, 0.3) is 0 Å². The van der Waals surface area contributed by atoms with Crippen LogP contribution in [0.4, 0.5) is 0 Å². The third-order valence-electron chi connectivity index (χ3n) is 6.58. The van der Waals surface area contributed by atoms with Gasteiger partial charge in [0.2, 0.25) is 0 Å². The SMILES string of the molecule is CCCNC1CCC(C(C)(C)C)CC1N1CC2CCC1C2. The molecule has 2 heteroatoms. The van der Waals surface area contributed by atoms with Crippen LogP contribution in [0.2, 0.25) is 0 Å². The number of hydrogen-bond donors (Lipinski definition) is 1. The summed E-state index contributed by atoms with van der Waals surface area (Å²) in [5.41, 5.74) is 0.479. The van der Waals surface area contributed by atoms with Crippen LogP contribution >= 0.6 is 0 Å². The lowest BCUT2D eigenvalue weighted by molar-refractivity contribution is 0.0405. The first-order valence-electron chi connectivity index (χ1n) is 9.48. The van der Waals surface area contributed by atoms with Crippen LogP contribution in [0.5, 0.6) is 0 Å². The van der Waals surface area contributed by atoms with E-state index in [4.69, 9.17) is 0 Å². The highest BCUT2D eigenvalue weighted by atomic mass is 15.2. The van der Waals surface area contributed by atoms with E-state index in [-0.39, 0.29) is 0 Å². The van der Waals surface area contributed by atoms with Gasteiger partial charge in [0.1, 0.15) is 0 Å². The van der Waals surface area contributed by atoms with Crippen LogP contribution in [0, 0.1) is 17.3 Å². The molecule has 1 N–H and O–H groups in total. The van der Waals surface area contributed by atoms with Gasteiger partial charge in [-0.3, -0.25) is 4.90 Å². The van der Waals surface area contributed by atoms with Gasteiger partial charge in [-0.25, -0.2) is 0 Å². The molecule has 2 bridgehead atoms. The number of rotatable bonds is 4. The lowest BCUT2D eigenvalue weighted by Gasteiger charge is -2.48. The van der Waals surface area contributed by atoms with E-state index < -0.39 is 0 Å². The van der Waals surface area contributed by atoms with E-state index in [1.807, 2.05) is 0 Å². The van der Waals surface area contributed by atoms with Gasteiger partial charge in [-0.2, -0.15) is 0 Å². The Bertz CT molecular complexity index is 346. The van der Waals surface area contributed by atoms with E-state index in [2.05, 4.69) is 37.9 Å². The molecule has 0 amide bonds. The number of likely N-dealkylation sites (tertiary alicyclic amines) is 1. The summed E-state index contributed by atoms with van der Waals surface area (Å²) in [7, 11) is 0. The molecule has 122 valence electrons. The lowest BCUT2D eigenvalue weighted by Crippen LogP contribution is -2.56. The molecule has 0 aromatic carbocycles. The third kappa shape index (κ3) is 3.32. The normalized spacial score (nSPS) is 40.9. The minimum Gasteiger partial charge on any atom is -0.312 e. The van der Waals surface area contributed by atoms with E-state index in [1.54, 1.807) is 0 Å². The minimum absolute atomic E-state index is 0.479. The van der Waals surface area contributed by atoms with E-state index in [9.17, 15) is 0 Å². The highest BCUT2D eigenvalue weighted by Gasteiger charge is 2.46. The second-order valence-electron chi connectivity index (χ2n) is 9.03. The quantitative estimate of drug-likeness (QED) is 0.841. The van der Waals surface area contributed by atoms with Crippen molar-refractivity contribution < 1.29 is 0 Å². The van der Waals surface area contributed by atoms with Crippen LogP contribution in [0.1, 0.15) is 72.6 Å². The first-order chi connectivity index (χ1) is 9.99. The van der Waals surface area contributed by atoms with E-state index >= 15 is 0 Å². The second-order valence-corrected chi connectivity index (χ2v) is 9.03. The Hall–Kier alpha value is -0.0800. The Balaban J connectivity index is 1.70. The summed E-state index contributed by atoms with van der Waals surface area (Å²) in [6.45, 7) is 12.2. The van der Waals surface area contributed by atoms with Crippen molar-refractivity contribution in [2.45, 2.75) is 90.8 Å². The fourth-order valence-corrected chi connectivity index (χ4v) is 5.24. The smallest absolute Gasteiger partial charge is 0.0255 e. The molecule has 2 nitrogen and oxygen atoms in total. The maximum absolute atomic E-state index is 3.89. The maximum atomic E-state index is 3.89. The first kappa shape index (κ1) is 15.8. The molecule has 1 saturated heterocycles. The summed E-state index contributed by atoms with van der Waals surface area (Å²) in [5, 5.41) is 3.89. The van der Waals surface area contributed by atoms with Gasteiger partial charge < -0.3 is 5.32 Å². The monoisotopic (exact) mass is 292 g/mol. The fraction of sp³-hybridized carbons (Fsp3) is 1.00. The molecule has 2 saturated carbocycles. The average molecular weight is 293 g/mol. The number of nitrogens with one attached hydrogen (secondary N) is 1. The molecular formula is C19H36N2. The minimum atomic E-state index is 0.479. The summed E-state index contributed by atoms with van der Waals surface area (Å²) in [6.07, 6.45) is 9.97. The van der Waals surface area contributed by atoms with Crippen molar-refractivity contribution in [2.24, 2.45) is 17.3 Å². The van der Waals surface area contributed by atoms with E-state index in [0.717, 1.165) is 30.0 Å². The molecule has 3 rings (SSSR count). The van der Waals surface area contributed by atoms with Crippen LogP contribution in [-0.2, 0) is 0 Å². The topological polar surface area (TPSA) is 15.3 Å². The Morgan fingerprint density at radius 2 is 1.86 bits per heavy atom. The second kappa shape index (κ2) is 6.20. The average Bonchev–Trinajstić information content (AvgIpc) is 3.06. The Kier molecular flexibility index (Phi) is 4.66. The van der Waals surface area contributed by atoms with Crippen molar-refractivity contribution in [3.63, 3.8) is 0 Å². The summed E-state index contributed by atoms with van der Waals surface area (Å²) >= 11 is 0. The van der Waals surface area contributed by atoms with E-state index in [0.29, 0.717) is 5.41 Å². The van der Waals surface area contributed by atoms with Crippen LogP contribution in [0.15, 0.2) is 0 Å². The number of piperidine rings is 1. The van der Waals surface area contributed by atoms with Gasteiger partial charge in [-0.05, 0) is 68.7 Å². The van der Waals surface area contributed by atoms with Gasteiger partial charge in [0.15, 0.2) is 0 Å². The maximum Gasteiger partial charge on any atom is 0.0255 e. The molecule has 5 atom stereocenters. The molecule has 0 aromatic heterocycles. The summed E-state index contributed by atoms with van der Waals surface area (Å²) in [4.78, 5) is 2.93. The highest BCUT2D eigenvalue weighted by molar-refractivity contribution is 5.01. The zero-order valence-electron chi connectivity index (χ0n) is 14.7. The first-order valence-corrected chi connectivity index (χ1v) is 9.48. The van der Waals surface area contributed by atoms with Gasteiger partial charge in [0.05, 0.1) is 0 Å². The molecule has 0 spiro atoms. The Labute approximate surface area is 132 Å². The van der Waals surface area contributed by atoms with Crippen LogP contribution in [0.3, 0.4) is 0 Å². The summed E-state index contributed by atoms with van der Waals surface area (Å²) in [5.74, 6) is 1.93. The zero-order chi connectivity index (χ0) is 15.0. The highest BCUT2D eigenvalue weighted by Crippen LogP contribution is 2.45. The molecule has 0 radical (unpaired) electrons. The van der Waals surface area contributed by atoms with Crippen molar-refractivity contribution in [1.82, 2.24) is 10.2 Å². The van der Waals surface area contributed by atoms with Crippen LogP contribution < -0.4 is 5.32 Å². The van der Waals surface area contributed by atoms with Crippen molar-refractivity contribution >= 4 is 0 Å². The predicted molar refractivity (Wildman–Crippen MR) is 90.5 cm³/mol. The number of hydrogen-bond acceptors (Lipinski definition) is 2. The zero-order valence-corrected chi connectivity index (χ0v) is 14.7. The van der Waals surface area contributed by atoms with Gasteiger partial charge in [0, 0.05) is 24.7 Å². The largest absolute Gasteiger partial charge is 0.312 e. The van der Waals surface area contributed by atoms with Crippen molar-refractivity contribution in [3.05, 3.63) is 0 Å². The van der Waals surface area contributed by atoms with Gasteiger partial charge in [-0.1, -0.05) is 27.7 Å². The molecule has 2 aliphatic carbocycles. The van der Waals surface area contributed by atoms with Crippen LogP contribution in [-0.4, -0.2) is 36.1 Å². The Morgan fingerprint density at radius 3 is 2.43 bits per heavy atom.